The molecule has 1 aromatic carbocycles. The summed E-state index contributed by atoms with van der Waals surface area (Å²) in [5, 5.41) is 11.8. The maximum atomic E-state index is 12.6. The second-order valence-electron chi connectivity index (χ2n) is 5.64. The smallest absolute Gasteiger partial charge is 0.237 e. The van der Waals surface area contributed by atoms with Crippen molar-refractivity contribution >= 4 is 28.8 Å². The van der Waals surface area contributed by atoms with E-state index in [0.29, 0.717) is 11.4 Å². The highest BCUT2D eigenvalue weighted by atomic mass is 32.1. The zero-order chi connectivity index (χ0) is 15.3. The quantitative estimate of drug-likeness (QED) is 0.705. The number of hydrogen-bond donors (Lipinski definition) is 3. The van der Waals surface area contributed by atoms with Crippen LogP contribution in [-0.2, 0) is 11.2 Å². The molecule has 0 heterocycles. The first kappa shape index (κ1) is 15.9. The Hall–Kier alpha value is -1.46. The van der Waals surface area contributed by atoms with Gasteiger partial charge in [0, 0.05) is 12.3 Å². The largest absolute Gasteiger partial charge is 0.396 e. The molecule has 1 amide bonds. The Kier molecular flexibility index (Phi) is 5.31. The fraction of sp³-hybridized carbons (Fsp3) is 0.500. The molecule has 0 atom stereocenters. The summed E-state index contributed by atoms with van der Waals surface area (Å²) in [5.41, 5.74) is 7.00. The van der Waals surface area contributed by atoms with Crippen molar-refractivity contribution in [2.24, 2.45) is 11.1 Å². The highest BCUT2D eigenvalue weighted by molar-refractivity contribution is 7.80. The van der Waals surface area contributed by atoms with Crippen LogP contribution < -0.4 is 11.1 Å². The molecular weight excluding hydrogens is 284 g/mol. The lowest BCUT2D eigenvalue weighted by molar-refractivity contribution is -0.122. The summed E-state index contributed by atoms with van der Waals surface area (Å²) in [6, 6.07) is 7.70. The van der Waals surface area contributed by atoms with E-state index in [1.54, 1.807) is 0 Å². The topological polar surface area (TPSA) is 75.4 Å². The van der Waals surface area contributed by atoms with Gasteiger partial charge in [-0.05, 0) is 43.4 Å². The Morgan fingerprint density at radius 3 is 2.71 bits per heavy atom. The van der Waals surface area contributed by atoms with Gasteiger partial charge in [0.15, 0.2) is 0 Å². The van der Waals surface area contributed by atoms with E-state index in [-0.39, 0.29) is 12.5 Å². The van der Waals surface area contributed by atoms with E-state index < -0.39 is 5.41 Å². The number of carbonyl (C=O) groups excluding carboxylic acids is 1. The summed E-state index contributed by atoms with van der Waals surface area (Å²) in [5.74, 6) is -0.0909. The van der Waals surface area contributed by atoms with Gasteiger partial charge >= 0.3 is 0 Å². The second kappa shape index (κ2) is 7.00. The van der Waals surface area contributed by atoms with E-state index in [1.165, 1.54) is 0 Å². The van der Waals surface area contributed by atoms with Crippen molar-refractivity contribution in [2.45, 2.75) is 38.5 Å². The van der Waals surface area contributed by atoms with Crippen LogP contribution in [0.5, 0.6) is 0 Å². The molecular formula is C16H22N2O2S. The molecule has 0 unspecified atom stereocenters. The summed E-state index contributed by atoms with van der Waals surface area (Å²) in [4.78, 5) is 12.9. The minimum Gasteiger partial charge on any atom is -0.396 e. The van der Waals surface area contributed by atoms with Gasteiger partial charge in [-0.1, -0.05) is 37.2 Å². The van der Waals surface area contributed by atoms with Crippen LogP contribution in [0.15, 0.2) is 24.3 Å². The maximum absolute atomic E-state index is 12.6. The summed E-state index contributed by atoms with van der Waals surface area (Å²) >= 11 is 5.13. The van der Waals surface area contributed by atoms with Crippen molar-refractivity contribution in [1.82, 2.24) is 0 Å². The summed E-state index contributed by atoms with van der Waals surface area (Å²) < 4.78 is 0. The number of thiocarbonyl (C=S) groups is 1. The lowest BCUT2D eigenvalue weighted by Gasteiger charge is -2.26. The number of hydrogen-bond acceptors (Lipinski definition) is 3. The number of aliphatic hydroxyl groups is 1. The summed E-state index contributed by atoms with van der Waals surface area (Å²) in [7, 11) is 0. The first-order chi connectivity index (χ1) is 10.1. The molecule has 1 aliphatic carbocycles. The molecule has 5 heteroatoms. The molecule has 0 spiro atoms. The molecule has 1 aliphatic rings. The third-order valence-corrected chi connectivity index (χ3v) is 4.56. The summed E-state index contributed by atoms with van der Waals surface area (Å²) in [6.07, 6.45) is 4.95. The van der Waals surface area contributed by atoms with Crippen LogP contribution in [-0.4, -0.2) is 22.6 Å². The Labute approximate surface area is 130 Å². The molecule has 4 nitrogen and oxygen atoms in total. The zero-order valence-corrected chi connectivity index (χ0v) is 12.9. The van der Waals surface area contributed by atoms with Crippen LogP contribution >= 0.6 is 12.2 Å². The van der Waals surface area contributed by atoms with Crippen molar-refractivity contribution in [3.8, 4) is 0 Å². The number of rotatable bonds is 6. The van der Waals surface area contributed by atoms with Crippen molar-refractivity contribution in [2.75, 3.05) is 11.9 Å². The normalized spacial score (nSPS) is 16.6. The number of amides is 1. The molecule has 1 aromatic rings. The first-order valence-electron chi connectivity index (χ1n) is 7.40. The Morgan fingerprint density at radius 1 is 1.38 bits per heavy atom. The Balaban J connectivity index is 2.10. The number of anilines is 1. The number of nitrogens with one attached hydrogen (secondary N) is 1. The fourth-order valence-corrected chi connectivity index (χ4v) is 3.20. The van der Waals surface area contributed by atoms with E-state index in [9.17, 15) is 4.79 Å². The number of nitrogens with two attached hydrogens (primary N) is 1. The van der Waals surface area contributed by atoms with Gasteiger partial charge in [-0.3, -0.25) is 4.79 Å². The van der Waals surface area contributed by atoms with Gasteiger partial charge in [0.2, 0.25) is 5.91 Å². The number of aliphatic hydroxyl groups excluding tert-OH is 1. The highest BCUT2D eigenvalue weighted by Crippen LogP contribution is 2.39. The van der Waals surface area contributed by atoms with Crippen LogP contribution in [0.3, 0.4) is 0 Å². The van der Waals surface area contributed by atoms with Crippen molar-refractivity contribution in [3.05, 3.63) is 29.8 Å². The molecule has 114 valence electrons. The molecule has 1 saturated carbocycles. The van der Waals surface area contributed by atoms with E-state index in [1.807, 2.05) is 24.3 Å². The molecule has 0 radical (unpaired) electrons. The fourth-order valence-electron chi connectivity index (χ4n) is 2.90. The summed E-state index contributed by atoms with van der Waals surface area (Å²) in [6.45, 7) is 0.168. The SMILES string of the molecule is NC(=S)C1(C(=O)Nc2cccc(CCCO)c2)CCCC1. The predicted octanol–water partition coefficient (Wildman–Crippen LogP) is 2.40. The van der Waals surface area contributed by atoms with Crippen LogP contribution in [0.4, 0.5) is 5.69 Å². The van der Waals surface area contributed by atoms with Crippen molar-refractivity contribution in [1.29, 1.82) is 0 Å². The molecule has 2 rings (SSSR count). The lowest BCUT2D eigenvalue weighted by Crippen LogP contribution is -2.43. The Morgan fingerprint density at radius 2 is 2.10 bits per heavy atom. The van der Waals surface area contributed by atoms with Crippen LogP contribution in [0.1, 0.15) is 37.7 Å². The number of aryl methyl sites for hydroxylation is 1. The Bertz CT molecular complexity index is 525. The average molecular weight is 306 g/mol. The van der Waals surface area contributed by atoms with E-state index in [0.717, 1.165) is 43.4 Å². The first-order valence-corrected chi connectivity index (χ1v) is 7.80. The van der Waals surface area contributed by atoms with Crippen molar-refractivity contribution in [3.63, 3.8) is 0 Å². The molecule has 1 fully saturated rings. The van der Waals surface area contributed by atoms with Gasteiger partial charge in [-0.15, -0.1) is 0 Å². The molecule has 0 bridgehead atoms. The van der Waals surface area contributed by atoms with Crippen LogP contribution in [0.25, 0.3) is 0 Å². The monoisotopic (exact) mass is 306 g/mol. The van der Waals surface area contributed by atoms with Crippen molar-refractivity contribution < 1.29 is 9.90 Å². The number of benzene rings is 1. The van der Waals surface area contributed by atoms with E-state index >= 15 is 0 Å². The standard InChI is InChI=1S/C16H22N2O2S/c17-14(21)16(8-1-2-9-16)15(20)18-13-7-3-5-12(11-13)6-4-10-19/h3,5,7,11,19H,1-2,4,6,8-10H2,(H2,17,21)(H,18,20). The van der Waals surface area contributed by atoms with Gasteiger partial charge < -0.3 is 16.2 Å². The molecule has 21 heavy (non-hydrogen) atoms. The minimum absolute atomic E-state index is 0.0909. The minimum atomic E-state index is -0.684. The van der Waals surface area contributed by atoms with Gasteiger partial charge in [-0.25, -0.2) is 0 Å². The molecule has 0 aliphatic heterocycles. The third kappa shape index (κ3) is 3.60. The van der Waals surface area contributed by atoms with E-state index in [2.05, 4.69) is 5.32 Å². The maximum Gasteiger partial charge on any atom is 0.237 e. The van der Waals surface area contributed by atoms with Crippen LogP contribution in [0.2, 0.25) is 0 Å². The van der Waals surface area contributed by atoms with Gasteiger partial charge in [0.1, 0.15) is 0 Å². The number of carbonyl (C=O) groups is 1. The second-order valence-corrected chi connectivity index (χ2v) is 6.07. The van der Waals surface area contributed by atoms with E-state index in [4.69, 9.17) is 23.1 Å². The highest BCUT2D eigenvalue weighted by Gasteiger charge is 2.43. The van der Waals surface area contributed by atoms with Gasteiger partial charge in [0.25, 0.3) is 0 Å². The predicted molar refractivity (Wildman–Crippen MR) is 88.2 cm³/mol. The zero-order valence-electron chi connectivity index (χ0n) is 12.1. The molecule has 0 saturated heterocycles. The lowest BCUT2D eigenvalue weighted by atomic mass is 9.85. The third-order valence-electron chi connectivity index (χ3n) is 4.17. The van der Waals surface area contributed by atoms with Gasteiger partial charge in [-0.2, -0.15) is 0 Å². The van der Waals surface area contributed by atoms with Crippen LogP contribution in [0, 0.1) is 5.41 Å². The van der Waals surface area contributed by atoms with Gasteiger partial charge in [0.05, 0.1) is 10.4 Å². The molecule has 4 N–H and O–H groups in total. The average Bonchev–Trinajstić information content (AvgIpc) is 2.96. The molecule has 0 aromatic heterocycles.